The number of amides is 1. The van der Waals surface area contributed by atoms with Crippen molar-refractivity contribution in [3.63, 3.8) is 0 Å². The number of benzene rings is 1. The van der Waals surface area contributed by atoms with Crippen LogP contribution in [0.25, 0.3) is 0 Å². The fourth-order valence-electron chi connectivity index (χ4n) is 2.57. The molecular formula is C20H22N4O2. The van der Waals surface area contributed by atoms with Crippen LogP contribution in [0.4, 0.5) is 5.82 Å². The van der Waals surface area contributed by atoms with Crippen molar-refractivity contribution in [3.8, 4) is 5.88 Å². The predicted octanol–water partition coefficient (Wildman–Crippen LogP) is 4.25. The lowest BCUT2D eigenvalue weighted by molar-refractivity contribution is 0.102. The Kier molecular flexibility index (Phi) is 5.31. The maximum absolute atomic E-state index is 12.4. The van der Waals surface area contributed by atoms with Crippen LogP contribution in [-0.2, 0) is 0 Å². The summed E-state index contributed by atoms with van der Waals surface area (Å²) in [5, 5.41) is 7.06. The molecule has 0 aliphatic carbocycles. The Labute approximate surface area is 152 Å². The zero-order valence-corrected chi connectivity index (χ0v) is 15.1. The predicted molar refractivity (Wildman–Crippen MR) is 100 cm³/mol. The summed E-state index contributed by atoms with van der Waals surface area (Å²) in [6, 6.07) is 15.2. The number of hydrogen-bond donors (Lipinski definition) is 1. The second-order valence-electron chi connectivity index (χ2n) is 6.26. The summed E-state index contributed by atoms with van der Waals surface area (Å²) in [6.07, 6.45) is 3.05. The van der Waals surface area contributed by atoms with Crippen molar-refractivity contribution in [2.75, 3.05) is 5.32 Å². The van der Waals surface area contributed by atoms with E-state index in [1.165, 1.54) is 6.20 Å². The van der Waals surface area contributed by atoms with Crippen molar-refractivity contribution in [2.24, 2.45) is 0 Å². The van der Waals surface area contributed by atoms with Gasteiger partial charge in [0.05, 0.1) is 11.8 Å². The van der Waals surface area contributed by atoms with E-state index in [-0.39, 0.29) is 18.1 Å². The minimum atomic E-state index is -0.234. The van der Waals surface area contributed by atoms with Gasteiger partial charge in [0, 0.05) is 24.4 Å². The molecule has 1 atom stereocenters. The van der Waals surface area contributed by atoms with Gasteiger partial charge in [0.25, 0.3) is 5.91 Å². The highest BCUT2D eigenvalue weighted by Crippen LogP contribution is 2.20. The molecule has 1 aromatic carbocycles. The van der Waals surface area contributed by atoms with Gasteiger partial charge >= 0.3 is 0 Å². The summed E-state index contributed by atoms with van der Waals surface area (Å²) in [6.45, 7) is 5.97. The Morgan fingerprint density at radius 1 is 1.08 bits per heavy atom. The van der Waals surface area contributed by atoms with E-state index in [0.29, 0.717) is 17.3 Å². The summed E-state index contributed by atoms with van der Waals surface area (Å²) < 4.78 is 7.59. The van der Waals surface area contributed by atoms with Crippen LogP contribution in [0.15, 0.2) is 60.9 Å². The van der Waals surface area contributed by atoms with Crippen LogP contribution >= 0.6 is 0 Å². The van der Waals surface area contributed by atoms with Crippen LogP contribution in [0.2, 0.25) is 0 Å². The van der Waals surface area contributed by atoms with Gasteiger partial charge in [-0.25, -0.2) is 9.67 Å². The first-order valence-corrected chi connectivity index (χ1v) is 8.57. The van der Waals surface area contributed by atoms with Crippen LogP contribution < -0.4 is 10.1 Å². The van der Waals surface area contributed by atoms with E-state index in [9.17, 15) is 4.79 Å². The van der Waals surface area contributed by atoms with Gasteiger partial charge in [0.2, 0.25) is 5.88 Å². The number of ether oxygens (including phenoxy) is 1. The third-order valence-electron chi connectivity index (χ3n) is 3.97. The van der Waals surface area contributed by atoms with Crippen molar-refractivity contribution >= 4 is 11.7 Å². The minimum absolute atomic E-state index is 0.122. The number of aromatic nitrogens is 3. The van der Waals surface area contributed by atoms with Crippen molar-refractivity contribution in [2.45, 2.75) is 32.9 Å². The van der Waals surface area contributed by atoms with Gasteiger partial charge in [0.15, 0.2) is 0 Å². The molecule has 0 aliphatic heterocycles. The maximum Gasteiger partial charge on any atom is 0.258 e. The van der Waals surface area contributed by atoms with Gasteiger partial charge in [-0.1, -0.05) is 30.3 Å². The zero-order chi connectivity index (χ0) is 18.5. The third kappa shape index (κ3) is 4.08. The topological polar surface area (TPSA) is 69.0 Å². The number of carbonyl (C=O) groups is 1. The van der Waals surface area contributed by atoms with Crippen LogP contribution in [0.3, 0.4) is 0 Å². The standard InChI is InChI=1S/C20H22N4O2/c1-14(2)24-18(11-12-22-24)23-20(25)17-9-10-19(21-13-17)26-15(3)16-7-5-4-6-8-16/h4-15H,1-3H3,(H,23,25)/t15-/m1/s1. The molecule has 0 unspecified atom stereocenters. The lowest BCUT2D eigenvalue weighted by Crippen LogP contribution is -2.17. The Hall–Kier alpha value is -3.15. The lowest BCUT2D eigenvalue weighted by atomic mass is 10.1. The van der Waals surface area contributed by atoms with E-state index in [0.717, 1.165) is 5.56 Å². The van der Waals surface area contributed by atoms with Crippen molar-refractivity contribution in [1.29, 1.82) is 0 Å². The van der Waals surface area contributed by atoms with Gasteiger partial charge in [-0.2, -0.15) is 5.10 Å². The molecule has 26 heavy (non-hydrogen) atoms. The summed E-state index contributed by atoms with van der Waals surface area (Å²) in [7, 11) is 0. The van der Waals surface area contributed by atoms with E-state index >= 15 is 0 Å². The van der Waals surface area contributed by atoms with E-state index in [1.807, 2.05) is 51.1 Å². The molecule has 0 saturated carbocycles. The summed E-state index contributed by atoms with van der Waals surface area (Å²) >= 11 is 0. The van der Waals surface area contributed by atoms with Gasteiger partial charge < -0.3 is 10.1 Å². The average molecular weight is 350 g/mol. The molecule has 3 rings (SSSR count). The smallest absolute Gasteiger partial charge is 0.258 e. The largest absolute Gasteiger partial charge is 0.470 e. The third-order valence-corrected chi connectivity index (χ3v) is 3.97. The summed E-state index contributed by atoms with van der Waals surface area (Å²) in [5.41, 5.74) is 1.53. The van der Waals surface area contributed by atoms with Gasteiger partial charge in [0.1, 0.15) is 11.9 Å². The van der Waals surface area contributed by atoms with Gasteiger partial charge in [-0.15, -0.1) is 0 Å². The molecule has 6 nitrogen and oxygen atoms in total. The molecule has 2 aromatic heterocycles. The van der Waals surface area contributed by atoms with Crippen molar-refractivity contribution in [3.05, 3.63) is 72.1 Å². The Bertz CT molecular complexity index is 857. The zero-order valence-electron chi connectivity index (χ0n) is 15.1. The van der Waals surface area contributed by atoms with Crippen LogP contribution in [-0.4, -0.2) is 20.7 Å². The van der Waals surface area contributed by atoms with E-state index in [1.54, 1.807) is 29.1 Å². The molecule has 0 aliphatic rings. The quantitative estimate of drug-likeness (QED) is 0.721. The fourth-order valence-corrected chi connectivity index (χ4v) is 2.57. The Balaban J connectivity index is 1.65. The van der Waals surface area contributed by atoms with Crippen LogP contribution in [0.1, 0.15) is 48.8 Å². The number of nitrogens with zero attached hydrogens (tertiary/aromatic N) is 3. The molecule has 3 aromatic rings. The molecule has 1 N–H and O–H groups in total. The summed E-state index contributed by atoms with van der Waals surface area (Å²) in [5.74, 6) is 0.899. The first-order chi connectivity index (χ1) is 12.5. The van der Waals surface area contributed by atoms with Crippen molar-refractivity contribution in [1.82, 2.24) is 14.8 Å². The molecular weight excluding hydrogens is 328 g/mol. The Morgan fingerprint density at radius 3 is 2.50 bits per heavy atom. The van der Waals surface area contributed by atoms with E-state index in [4.69, 9.17) is 4.74 Å². The molecule has 134 valence electrons. The first-order valence-electron chi connectivity index (χ1n) is 8.57. The summed E-state index contributed by atoms with van der Waals surface area (Å²) in [4.78, 5) is 16.7. The Morgan fingerprint density at radius 2 is 1.85 bits per heavy atom. The van der Waals surface area contributed by atoms with E-state index < -0.39 is 0 Å². The fraction of sp³-hybridized carbons (Fsp3) is 0.250. The highest BCUT2D eigenvalue weighted by molar-refractivity contribution is 6.03. The number of anilines is 1. The van der Waals surface area contributed by atoms with Crippen molar-refractivity contribution < 1.29 is 9.53 Å². The molecule has 6 heteroatoms. The van der Waals surface area contributed by atoms with Gasteiger partial charge in [-0.05, 0) is 32.4 Å². The molecule has 0 radical (unpaired) electrons. The SMILES string of the molecule is CC(C)n1nccc1NC(=O)c1ccc(O[C@H](C)c2ccccc2)nc1. The van der Waals surface area contributed by atoms with E-state index in [2.05, 4.69) is 15.4 Å². The molecule has 0 fully saturated rings. The number of hydrogen-bond acceptors (Lipinski definition) is 4. The molecule has 0 saturated heterocycles. The average Bonchev–Trinajstić information content (AvgIpc) is 3.11. The highest BCUT2D eigenvalue weighted by atomic mass is 16.5. The highest BCUT2D eigenvalue weighted by Gasteiger charge is 2.13. The van der Waals surface area contributed by atoms with Gasteiger partial charge in [-0.3, -0.25) is 4.79 Å². The van der Waals surface area contributed by atoms with Crippen LogP contribution in [0.5, 0.6) is 5.88 Å². The lowest BCUT2D eigenvalue weighted by Gasteiger charge is -2.14. The molecule has 1 amide bonds. The second-order valence-corrected chi connectivity index (χ2v) is 6.26. The molecule has 2 heterocycles. The number of pyridine rings is 1. The monoisotopic (exact) mass is 350 g/mol. The number of nitrogens with one attached hydrogen (secondary N) is 1. The first kappa shape index (κ1) is 17.7. The second kappa shape index (κ2) is 7.82. The molecule has 0 bridgehead atoms. The van der Waals surface area contributed by atoms with Crippen LogP contribution in [0, 0.1) is 0 Å². The maximum atomic E-state index is 12.4. The number of rotatable bonds is 6. The number of carbonyl (C=O) groups excluding carboxylic acids is 1. The minimum Gasteiger partial charge on any atom is -0.470 e. The molecule has 0 spiro atoms. The normalized spacial score (nSPS) is 12.0.